The number of amides is 3. The molecule has 0 aliphatic carbocycles. The van der Waals surface area contributed by atoms with Gasteiger partial charge in [0.2, 0.25) is 17.7 Å². The first-order valence-electron chi connectivity index (χ1n) is 8.45. The predicted molar refractivity (Wildman–Crippen MR) is 95.7 cm³/mol. The molecule has 1 aliphatic heterocycles. The van der Waals surface area contributed by atoms with Crippen LogP contribution in [0.3, 0.4) is 0 Å². The highest BCUT2D eigenvalue weighted by molar-refractivity contribution is 5.87. The van der Waals surface area contributed by atoms with Gasteiger partial charge in [-0.2, -0.15) is 0 Å². The van der Waals surface area contributed by atoms with E-state index in [2.05, 4.69) is 10.6 Å². The van der Waals surface area contributed by atoms with Gasteiger partial charge in [0.15, 0.2) is 0 Å². The van der Waals surface area contributed by atoms with Crippen molar-refractivity contribution in [2.24, 2.45) is 17.6 Å². The SMILES string of the molecule is CCCNC(=O)C1CCN(C(=O)CNC(=O)[C@@H](N)C(C)C)CC1.Cl. The second-order valence-corrected chi connectivity index (χ2v) is 6.43. The molecule has 0 radical (unpaired) electrons. The maximum absolute atomic E-state index is 12.1. The van der Waals surface area contributed by atoms with E-state index in [-0.39, 0.29) is 48.5 Å². The lowest BCUT2D eigenvalue weighted by Crippen LogP contribution is -2.49. The van der Waals surface area contributed by atoms with E-state index in [1.54, 1.807) is 4.90 Å². The number of hydrogen-bond acceptors (Lipinski definition) is 4. The number of rotatable bonds is 7. The number of nitrogens with zero attached hydrogens (tertiary/aromatic N) is 1. The molecule has 0 unspecified atom stereocenters. The molecule has 4 N–H and O–H groups in total. The normalized spacial score (nSPS) is 16.3. The number of likely N-dealkylation sites (tertiary alicyclic amines) is 1. The van der Waals surface area contributed by atoms with Gasteiger partial charge in [-0.1, -0.05) is 20.8 Å². The van der Waals surface area contributed by atoms with E-state index in [0.29, 0.717) is 32.5 Å². The first-order valence-corrected chi connectivity index (χ1v) is 8.45. The Morgan fingerprint density at radius 3 is 2.25 bits per heavy atom. The van der Waals surface area contributed by atoms with Crippen molar-refractivity contribution < 1.29 is 14.4 Å². The zero-order valence-electron chi connectivity index (χ0n) is 14.8. The van der Waals surface area contributed by atoms with Gasteiger partial charge in [0.05, 0.1) is 12.6 Å². The number of piperidine rings is 1. The van der Waals surface area contributed by atoms with Crippen LogP contribution < -0.4 is 16.4 Å². The summed E-state index contributed by atoms with van der Waals surface area (Å²) in [7, 11) is 0. The lowest BCUT2D eigenvalue weighted by Gasteiger charge is -2.31. The Bertz CT molecular complexity index is 424. The molecular formula is C16H31ClN4O3. The molecule has 8 heteroatoms. The number of nitrogens with two attached hydrogens (primary N) is 1. The third-order valence-electron chi connectivity index (χ3n) is 4.20. The summed E-state index contributed by atoms with van der Waals surface area (Å²) in [4.78, 5) is 37.5. The summed E-state index contributed by atoms with van der Waals surface area (Å²) in [5, 5.41) is 5.48. The lowest BCUT2D eigenvalue weighted by atomic mass is 9.96. The van der Waals surface area contributed by atoms with E-state index in [9.17, 15) is 14.4 Å². The summed E-state index contributed by atoms with van der Waals surface area (Å²) in [5.41, 5.74) is 5.73. The third kappa shape index (κ3) is 7.05. The van der Waals surface area contributed by atoms with Crippen LogP contribution in [0.25, 0.3) is 0 Å². The highest BCUT2D eigenvalue weighted by atomic mass is 35.5. The lowest BCUT2D eigenvalue weighted by molar-refractivity contribution is -0.136. The molecule has 3 amide bonds. The van der Waals surface area contributed by atoms with Crippen molar-refractivity contribution in [2.75, 3.05) is 26.2 Å². The van der Waals surface area contributed by atoms with Crippen LogP contribution in [0.2, 0.25) is 0 Å². The minimum Gasteiger partial charge on any atom is -0.356 e. The molecule has 24 heavy (non-hydrogen) atoms. The van der Waals surface area contributed by atoms with Gasteiger partial charge in [0.25, 0.3) is 0 Å². The summed E-state index contributed by atoms with van der Waals surface area (Å²) in [6.45, 7) is 7.50. The van der Waals surface area contributed by atoms with Crippen molar-refractivity contribution >= 4 is 30.1 Å². The molecule has 140 valence electrons. The van der Waals surface area contributed by atoms with Gasteiger partial charge in [0, 0.05) is 25.6 Å². The van der Waals surface area contributed by atoms with Crippen LogP contribution in [0.15, 0.2) is 0 Å². The van der Waals surface area contributed by atoms with Crippen LogP contribution >= 0.6 is 12.4 Å². The monoisotopic (exact) mass is 362 g/mol. The van der Waals surface area contributed by atoms with Crippen LogP contribution in [0.5, 0.6) is 0 Å². The largest absolute Gasteiger partial charge is 0.356 e. The molecule has 1 fully saturated rings. The van der Waals surface area contributed by atoms with E-state index in [1.807, 2.05) is 20.8 Å². The van der Waals surface area contributed by atoms with Gasteiger partial charge in [0.1, 0.15) is 0 Å². The molecule has 0 bridgehead atoms. The van der Waals surface area contributed by atoms with Gasteiger partial charge >= 0.3 is 0 Å². The van der Waals surface area contributed by atoms with Crippen LogP contribution in [0.1, 0.15) is 40.0 Å². The van der Waals surface area contributed by atoms with Crippen LogP contribution in [0, 0.1) is 11.8 Å². The molecule has 0 aromatic carbocycles. The second-order valence-electron chi connectivity index (χ2n) is 6.43. The Labute approximate surface area is 150 Å². The highest BCUT2D eigenvalue weighted by Gasteiger charge is 2.27. The van der Waals surface area contributed by atoms with Gasteiger partial charge < -0.3 is 21.3 Å². The molecular weight excluding hydrogens is 332 g/mol. The average molecular weight is 363 g/mol. The summed E-state index contributed by atoms with van der Waals surface area (Å²) in [6, 6.07) is -0.601. The van der Waals surface area contributed by atoms with Crippen molar-refractivity contribution in [3.05, 3.63) is 0 Å². The molecule has 1 rings (SSSR count). The fourth-order valence-electron chi connectivity index (χ4n) is 2.48. The maximum Gasteiger partial charge on any atom is 0.241 e. The molecule has 1 aliphatic rings. The minimum absolute atomic E-state index is 0. The first-order chi connectivity index (χ1) is 10.9. The van der Waals surface area contributed by atoms with E-state index in [0.717, 1.165) is 6.42 Å². The Kier molecular flexibility index (Phi) is 10.6. The van der Waals surface area contributed by atoms with E-state index >= 15 is 0 Å². The minimum atomic E-state index is -0.601. The molecule has 1 atom stereocenters. The van der Waals surface area contributed by atoms with Gasteiger partial charge in [-0.05, 0) is 25.2 Å². The molecule has 0 aromatic rings. The molecule has 0 spiro atoms. The fourth-order valence-corrected chi connectivity index (χ4v) is 2.48. The number of halogens is 1. The number of carbonyl (C=O) groups is 3. The fraction of sp³-hybridized carbons (Fsp3) is 0.812. The predicted octanol–water partition coefficient (Wildman–Crippen LogP) is 0.273. The maximum atomic E-state index is 12.1. The number of carbonyl (C=O) groups excluding carboxylic acids is 3. The van der Waals surface area contributed by atoms with Crippen molar-refractivity contribution in [1.29, 1.82) is 0 Å². The summed E-state index contributed by atoms with van der Waals surface area (Å²) in [5.74, 6) is -0.337. The van der Waals surface area contributed by atoms with Crippen molar-refractivity contribution in [1.82, 2.24) is 15.5 Å². The van der Waals surface area contributed by atoms with Gasteiger partial charge in [-0.3, -0.25) is 14.4 Å². The molecule has 1 saturated heterocycles. The zero-order chi connectivity index (χ0) is 17.4. The summed E-state index contributed by atoms with van der Waals surface area (Å²) >= 11 is 0. The average Bonchev–Trinajstić information content (AvgIpc) is 2.56. The molecule has 1 heterocycles. The summed E-state index contributed by atoms with van der Waals surface area (Å²) in [6.07, 6.45) is 2.25. The third-order valence-corrected chi connectivity index (χ3v) is 4.20. The standard InChI is InChI=1S/C16H30N4O3.ClH/c1-4-7-18-15(22)12-5-8-20(9-6-12)13(21)10-19-16(23)14(17)11(2)3;/h11-12,14H,4-10,17H2,1-3H3,(H,18,22)(H,19,23);1H/t14-;/m0./s1. The van der Waals surface area contributed by atoms with Crippen molar-refractivity contribution in [3.8, 4) is 0 Å². The van der Waals surface area contributed by atoms with Crippen LogP contribution in [-0.4, -0.2) is 54.8 Å². The Morgan fingerprint density at radius 1 is 1.17 bits per heavy atom. The molecule has 0 aromatic heterocycles. The zero-order valence-corrected chi connectivity index (χ0v) is 15.7. The smallest absolute Gasteiger partial charge is 0.241 e. The van der Waals surface area contributed by atoms with E-state index < -0.39 is 6.04 Å². The topological polar surface area (TPSA) is 105 Å². The second kappa shape index (κ2) is 11.3. The van der Waals surface area contributed by atoms with E-state index in [1.165, 1.54) is 0 Å². The molecule has 0 saturated carbocycles. The van der Waals surface area contributed by atoms with Crippen LogP contribution in [-0.2, 0) is 14.4 Å². The summed E-state index contributed by atoms with van der Waals surface area (Å²) < 4.78 is 0. The Balaban J connectivity index is 0.00000529. The van der Waals surface area contributed by atoms with Crippen molar-refractivity contribution in [3.63, 3.8) is 0 Å². The Hall–Kier alpha value is -1.34. The quantitative estimate of drug-likeness (QED) is 0.604. The number of nitrogens with one attached hydrogen (secondary N) is 2. The molecule has 7 nitrogen and oxygen atoms in total. The first kappa shape index (κ1) is 22.7. The highest BCUT2D eigenvalue weighted by Crippen LogP contribution is 2.17. The number of hydrogen-bond donors (Lipinski definition) is 3. The van der Waals surface area contributed by atoms with Gasteiger partial charge in [-0.15, -0.1) is 12.4 Å². The van der Waals surface area contributed by atoms with Gasteiger partial charge in [-0.25, -0.2) is 0 Å². The van der Waals surface area contributed by atoms with E-state index in [4.69, 9.17) is 5.73 Å². The Morgan fingerprint density at radius 2 is 1.75 bits per heavy atom. The van der Waals surface area contributed by atoms with Crippen LogP contribution in [0.4, 0.5) is 0 Å². The van der Waals surface area contributed by atoms with Crippen molar-refractivity contribution in [2.45, 2.75) is 46.1 Å².